The van der Waals surface area contributed by atoms with E-state index in [9.17, 15) is 0 Å². The van der Waals surface area contributed by atoms with E-state index in [-0.39, 0.29) is 0 Å². The normalized spacial score (nSPS) is 16.4. The first-order valence-corrected chi connectivity index (χ1v) is 6.02. The van der Waals surface area contributed by atoms with Crippen LogP contribution < -0.4 is 10.2 Å². The Labute approximate surface area is 101 Å². The fraction of sp³-hybridized carbons (Fsp3) is 0.385. The van der Waals surface area contributed by atoms with Crippen molar-refractivity contribution in [2.24, 2.45) is 0 Å². The van der Waals surface area contributed by atoms with Crippen LogP contribution in [0.15, 0.2) is 24.4 Å². The van der Waals surface area contributed by atoms with E-state index in [2.05, 4.69) is 38.4 Å². The van der Waals surface area contributed by atoms with Crippen LogP contribution in [0.4, 0.5) is 5.69 Å². The fourth-order valence-corrected chi connectivity index (χ4v) is 2.29. The molecule has 0 saturated carbocycles. The van der Waals surface area contributed by atoms with Crippen molar-refractivity contribution in [1.82, 2.24) is 15.3 Å². The summed E-state index contributed by atoms with van der Waals surface area (Å²) >= 11 is 0. The van der Waals surface area contributed by atoms with E-state index in [1.165, 1.54) is 5.69 Å². The predicted molar refractivity (Wildman–Crippen MR) is 69.4 cm³/mol. The van der Waals surface area contributed by atoms with Crippen molar-refractivity contribution in [3.63, 3.8) is 0 Å². The summed E-state index contributed by atoms with van der Waals surface area (Å²) in [7, 11) is 0. The van der Waals surface area contributed by atoms with Crippen molar-refractivity contribution in [3.8, 4) is 0 Å². The van der Waals surface area contributed by atoms with Gasteiger partial charge in [-0.15, -0.1) is 0 Å². The molecular formula is C13H16N4. The minimum Gasteiger partial charge on any atom is -0.368 e. The van der Waals surface area contributed by atoms with E-state index in [1.807, 2.05) is 13.1 Å². The molecule has 1 saturated heterocycles. The summed E-state index contributed by atoms with van der Waals surface area (Å²) in [5, 5.41) is 4.52. The lowest BCUT2D eigenvalue weighted by Crippen LogP contribution is -2.43. The molecule has 0 unspecified atom stereocenters. The lowest BCUT2D eigenvalue weighted by molar-refractivity contribution is 0.590. The van der Waals surface area contributed by atoms with E-state index in [4.69, 9.17) is 0 Å². The van der Waals surface area contributed by atoms with E-state index < -0.39 is 0 Å². The second-order valence-corrected chi connectivity index (χ2v) is 4.39. The average Bonchev–Trinajstić information content (AvgIpc) is 2.39. The zero-order valence-corrected chi connectivity index (χ0v) is 9.98. The van der Waals surface area contributed by atoms with Crippen molar-refractivity contribution < 1.29 is 0 Å². The van der Waals surface area contributed by atoms with E-state index in [1.54, 1.807) is 0 Å². The second kappa shape index (κ2) is 4.30. The standard InChI is InChI=1S/C13H16N4/c1-10-2-3-11-12(4-5-15-13(11)16-10)17-8-6-14-7-9-17/h2-5,14H,6-9H2,1H3. The zero-order chi connectivity index (χ0) is 11.7. The number of nitrogens with one attached hydrogen (secondary N) is 1. The molecule has 0 bridgehead atoms. The molecule has 0 amide bonds. The van der Waals surface area contributed by atoms with Gasteiger partial charge in [-0.25, -0.2) is 9.97 Å². The second-order valence-electron chi connectivity index (χ2n) is 4.39. The Morgan fingerprint density at radius 3 is 2.82 bits per heavy atom. The number of piperazine rings is 1. The summed E-state index contributed by atoms with van der Waals surface area (Å²) in [5.74, 6) is 0. The Morgan fingerprint density at radius 2 is 2.00 bits per heavy atom. The first-order chi connectivity index (χ1) is 8.34. The van der Waals surface area contributed by atoms with E-state index in [0.29, 0.717) is 0 Å². The molecule has 2 aromatic rings. The molecule has 1 aliphatic heterocycles. The molecule has 0 atom stereocenters. The molecule has 4 nitrogen and oxygen atoms in total. The van der Waals surface area contributed by atoms with Gasteiger partial charge in [0.2, 0.25) is 0 Å². The summed E-state index contributed by atoms with van der Waals surface area (Å²) in [6.07, 6.45) is 1.85. The van der Waals surface area contributed by atoms with E-state index in [0.717, 1.165) is 42.9 Å². The quantitative estimate of drug-likeness (QED) is 0.800. The van der Waals surface area contributed by atoms with Gasteiger partial charge in [0.05, 0.1) is 0 Å². The highest BCUT2D eigenvalue weighted by Gasteiger charge is 2.13. The van der Waals surface area contributed by atoms with Gasteiger partial charge in [0.25, 0.3) is 0 Å². The highest BCUT2D eigenvalue weighted by molar-refractivity contribution is 5.89. The van der Waals surface area contributed by atoms with Crippen LogP contribution in [-0.2, 0) is 0 Å². The van der Waals surface area contributed by atoms with Gasteiger partial charge < -0.3 is 10.2 Å². The Balaban J connectivity index is 2.09. The van der Waals surface area contributed by atoms with Gasteiger partial charge in [-0.3, -0.25) is 0 Å². The molecule has 1 aliphatic rings. The predicted octanol–water partition coefficient (Wildman–Crippen LogP) is 1.35. The van der Waals surface area contributed by atoms with E-state index >= 15 is 0 Å². The topological polar surface area (TPSA) is 41.0 Å². The molecule has 0 spiro atoms. The van der Waals surface area contributed by atoms with Crippen LogP contribution in [0.5, 0.6) is 0 Å². The first kappa shape index (κ1) is 10.5. The van der Waals surface area contributed by atoms with Crippen LogP contribution in [0.2, 0.25) is 0 Å². The van der Waals surface area contributed by atoms with Crippen LogP contribution in [0.3, 0.4) is 0 Å². The SMILES string of the molecule is Cc1ccc2c(N3CCNCC3)ccnc2n1. The van der Waals surface area contributed by atoms with Gasteiger partial charge >= 0.3 is 0 Å². The number of aromatic nitrogens is 2. The number of hydrogen-bond donors (Lipinski definition) is 1. The molecule has 1 N–H and O–H groups in total. The number of fused-ring (bicyclic) bond motifs is 1. The molecule has 17 heavy (non-hydrogen) atoms. The van der Waals surface area contributed by atoms with Crippen molar-refractivity contribution in [2.75, 3.05) is 31.1 Å². The third-order valence-corrected chi connectivity index (χ3v) is 3.18. The van der Waals surface area contributed by atoms with Crippen molar-refractivity contribution >= 4 is 16.7 Å². The van der Waals surface area contributed by atoms with Crippen LogP contribution in [0, 0.1) is 6.92 Å². The minimum atomic E-state index is 0.848. The molecule has 3 heterocycles. The van der Waals surface area contributed by atoms with Crippen molar-refractivity contribution in [3.05, 3.63) is 30.1 Å². The number of rotatable bonds is 1. The molecule has 4 heteroatoms. The molecule has 0 radical (unpaired) electrons. The maximum Gasteiger partial charge on any atom is 0.161 e. The fourth-order valence-electron chi connectivity index (χ4n) is 2.29. The van der Waals surface area contributed by atoms with Crippen molar-refractivity contribution in [1.29, 1.82) is 0 Å². The Bertz CT molecular complexity index is 532. The number of nitrogens with zero attached hydrogens (tertiary/aromatic N) is 3. The van der Waals surface area contributed by atoms with Crippen LogP contribution in [-0.4, -0.2) is 36.1 Å². The summed E-state index contributed by atoms with van der Waals surface area (Å²) in [5.41, 5.74) is 3.12. The molecular weight excluding hydrogens is 212 g/mol. The highest BCUT2D eigenvalue weighted by atomic mass is 15.2. The van der Waals surface area contributed by atoms with Gasteiger partial charge in [-0.2, -0.15) is 0 Å². The lowest BCUT2D eigenvalue weighted by Gasteiger charge is -2.30. The van der Waals surface area contributed by atoms with Crippen LogP contribution in [0.1, 0.15) is 5.69 Å². The maximum atomic E-state index is 4.48. The summed E-state index contributed by atoms with van der Waals surface area (Å²) in [6, 6.07) is 6.27. The minimum absolute atomic E-state index is 0.848. The van der Waals surface area contributed by atoms with Crippen molar-refractivity contribution in [2.45, 2.75) is 6.92 Å². The first-order valence-electron chi connectivity index (χ1n) is 6.02. The molecule has 2 aromatic heterocycles. The van der Waals surface area contributed by atoms with Gasteiger partial charge in [0, 0.05) is 49.1 Å². The number of aryl methyl sites for hydroxylation is 1. The Morgan fingerprint density at radius 1 is 1.18 bits per heavy atom. The molecule has 0 aliphatic carbocycles. The summed E-state index contributed by atoms with van der Waals surface area (Å²) in [4.78, 5) is 11.2. The van der Waals surface area contributed by atoms with Gasteiger partial charge in [-0.1, -0.05) is 0 Å². The Hall–Kier alpha value is -1.68. The molecule has 88 valence electrons. The largest absolute Gasteiger partial charge is 0.368 e. The molecule has 1 fully saturated rings. The van der Waals surface area contributed by atoms with Gasteiger partial charge in [0.1, 0.15) is 0 Å². The maximum absolute atomic E-state index is 4.48. The third kappa shape index (κ3) is 1.96. The number of pyridine rings is 2. The summed E-state index contributed by atoms with van der Waals surface area (Å²) < 4.78 is 0. The number of hydrogen-bond acceptors (Lipinski definition) is 4. The van der Waals surface area contributed by atoms with Crippen LogP contribution >= 0.6 is 0 Å². The molecule has 0 aromatic carbocycles. The number of anilines is 1. The zero-order valence-electron chi connectivity index (χ0n) is 9.98. The third-order valence-electron chi connectivity index (χ3n) is 3.18. The van der Waals surface area contributed by atoms with Crippen LogP contribution in [0.25, 0.3) is 11.0 Å². The summed E-state index contributed by atoms with van der Waals surface area (Å²) in [6.45, 7) is 6.19. The van der Waals surface area contributed by atoms with Gasteiger partial charge in [0.15, 0.2) is 5.65 Å². The monoisotopic (exact) mass is 228 g/mol. The van der Waals surface area contributed by atoms with Gasteiger partial charge in [-0.05, 0) is 25.1 Å². The molecule has 3 rings (SSSR count). The average molecular weight is 228 g/mol. The Kier molecular flexibility index (Phi) is 2.65. The smallest absolute Gasteiger partial charge is 0.161 e. The highest BCUT2D eigenvalue weighted by Crippen LogP contribution is 2.24. The lowest BCUT2D eigenvalue weighted by atomic mass is 10.2.